The predicted octanol–water partition coefficient (Wildman–Crippen LogP) is 0.725. The number of hydrogen-bond acceptors (Lipinski definition) is 8. The van der Waals surface area contributed by atoms with E-state index in [4.69, 9.17) is 0 Å². The first kappa shape index (κ1) is 18.7. The lowest BCUT2D eigenvalue weighted by molar-refractivity contribution is -0.131. The number of aromatic nitrogens is 3. The number of carbonyl (C=O) groups excluding carboxylic acids is 2. The van der Waals surface area contributed by atoms with Crippen LogP contribution in [0.1, 0.15) is 21.9 Å². The Balaban J connectivity index is 1.48. The molecule has 138 valence electrons. The largest absolute Gasteiger partial charge is 0.389 e. The molecule has 0 radical (unpaired) electrons. The zero-order chi connectivity index (χ0) is 18.5. The molecule has 8 nitrogen and oxygen atoms in total. The molecule has 1 saturated heterocycles. The number of thioether (sulfide) groups is 1. The standard InChI is InChI=1S/C16H19N5O3S2/c1-10-19-20-16(26-10)25-9-14(23)21-7-5-11(13(22)8-21)18-15(24)12-4-2-3-6-17-12/h2-4,6,11,13,22H,5,7-9H2,1H3,(H,18,24)/t11-,13-/m1/s1. The molecule has 1 aliphatic rings. The summed E-state index contributed by atoms with van der Waals surface area (Å²) >= 11 is 2.80. The number of rotatable bonds is 5. The highest BCUT2D eigenvalue weighted by Gasteiger charge is 2.31. The number of aliphatic hydroxyl groups is 1. The first-order valence-electron chi connectivity index (χ1n) is 8.13. The topological polar surface area (TPSA) is 108 Å². The molecule has 0 aliphatic carbocycles. The maximum atomic E-state index is 12.3. The number of aryl methyl sites for hydroxylation is 1. The normalized spacial score (nSPS) is 20.0. The Hall–Kier alpha value is -2.04. The SMILES string of the molecule is Cc1nnc(SCC(=O)N2CC[C@@H](NC(=O)c3ccccn3)[C@H](O)C2)s1. The van der Waals surface area contributed by atoms with Crippen molar-refractivity contribution in [2.45, 2.75) is 29.8 Å². The zero-order valence-electron chi connectivity index (χ0n) is 14.2. The molecule has 0 spiro atoms. The van der Waals surface area contributed by atoms with Crippen molar-refractivity contribution in [3.8, 4) is 0 Å². The summed E-state index contributed by atoms with van der Waals surface area (Å²) in [4.78, 5) is 30.1. The number of pyridine rings is 1. The Morgan fingerprint density at radius 2 is 2.27 bits per heavy atom. The smallest absolute Gasteiger partial charge is 0.270 e. The van der Waals surface area contributed by atoms with E-state index in [0.29, 0.717) is 18.7 Å². The third-order valence-electron chi connectivity index (χ3n) is 3.98. The van der Waals surface area contributed by atoms with Crippen LogP contribution in [0.3, 0.4) is 0 Å². The highest BCUT2D eigenvalue weighted by Crippen LogP contribution is 2.22. The molecule has 0 unspecified atom stereocenters. The molecule has 0 aromatic carbocycles. The van der Waals surface area contributed by atoms with Gasteiger partial charge in [0.1, 0.15) is 10.7 Å². The Labute approximate surface area is 159 Å². The van der Waals surface area contributed by atoms with Gasteiger partial charge in [0.25, 0.3) is 5.91 Å². The molecule has 10 heteroatoms. The molecule has 2 atom stereocenters. The number of aliphatic hydroxyl groups excluding tert-OH is 1. The number of amides is 2. The minimum Gasteiger partial charge on any atom is -0.389 e. The van der Waals surface area contributed by atoms with Gasteiger partial charge >= 0.3 is 0 Å². The van der Waals surface area contributed by atoms with Crippen LogP contribution in [0.5, 0.6) is 0 Å². The number of nitrogens with one attached hydrogen (secondary N) is 1. The lowest BCUT2D eigenvalue weighted by Gasteiger charge is -2.36. The van der Waals surface area contributed by atoms with Gasteiger partial charge in [0.15, 0.2) is 4.34 Å². The van der Waals surface area contributed by atoms with Crippen LogP contribution >= 0.6 is 23.1 Å². The van der Waals surface area contributed by atoms with Gasteiger partial charge in [-0.05, 0) is 25.5 Å². The third-order valence-corrected chi connectivity index (χ3v) is 5.93. The average molecular weight is 393 g/mol. The molecule has 2 N–H and O–H groups in total. The Morgan fingerprint density at radius 3 is 2.92 bits per heavy atom. The number of piperidine rings is 1. The van der Waals surface area contributed by atoms with E-state index in [9.17, 15) is 14.7 Å². The van der Waals surface area contributed by atoms with Crippen molar-refractivity contribution in [3.63, 3.8) is 0 Å². The minimum atomic E-state index is -0.811. The molecular formula is C16H19N5O3S2. The van der Waals surface area contributed by atoms with E-state index < -0.39 is 12.1 Å². The van der Waals surface area contributed by atoms with Crippen LogP contribution in [-0.2, 0) is 4.79 Å². The summed E-state index contributed by atoms with van der Waals surface area (Å²) in [5.41, 5.74) is 0.307. The van der Waals surface area contributed by atoms with Crippen molar-refractivity contribution < 1.29 is 14.7 Å². The van der Waals surface area contributed by atoms with E-state index in [-0.39, 0.29) is 24.1 Å². The van der Waals surface area contributed by atoms with Crippen molar-refractivity contribution in [2.24, 2.45) is 0 Å². The molecule has 2 aromatic rings. The molecule has 1 aliphatic heterocycles. The van der Waals surface area contributed by atoms with Crippen LogP contribution in [-0.4, -0.2) is 68.0 Å². The van der Waals surface area contributed by atoms with E-state index in [1.807, 2.05) is 6.92 Å². The molecular weight excluding hydrogens is 374 g/mol. The fraction of sp³-hybridized carbons (Fsp3) is 0.438. The Bertz CT molecular complexity index is 770. The molecule has 2 amide bonds. The maximum Gasteiger partial charge on any atom is 0.270 e. The van der Waals surface area contributed by atoms with Crippen LogP contribution in [0.25, 0.3) is 0 Å². The lowest BCUT2D eigenvalue weighted by Crippen LogP contribution is -2.55. The average Bonchev–Trinajstić information content (AvgIpc) is 3.07. The quantitative estimate of drug-likeness (QED) is 0.721. The monoisotopic (exact) mass is 393 g/mol. The third kappa shape index (κ3) is 4.77. The number of carbonyl (C=O) groups is 2. The van der Waals surface area contributed by atoms with E-state index in [2.05, 4.69) is 20.5 Å². The summed E-state index contributed by atoms with van der Waals surface area (Å²) in [6, 6.07) is 4.69. The molecule has 26 heavy (non-hydrogen) atoms. The van der Waals surface area contributed by atoms with Gasteiger partial charge in [-0.3, -0.25) is 14.6 Å². The van der Waals surface area contributed by atoms with E-state index in [1.165, 1.54) is 23.1 Å². The van der Waals surface area contributed by atoms with E-state index in [0.717, 1.165) is 9.35 Å². The predicted molar refractivity (Wildman–Crippen MR) is 98.1 cm³/mol. The highest BCUT2D eigenvalue weighted by molar-refractivity contribution is 8.01. The fourth-order valence-corrected chi connectivity index (χ4v) is 4.34. The summed E-state index contributed by atoms with van der Waals surface area (Å²) in [6.07, 6.45) is 1.23. The second-order valence-electron chi connectivity index (χ2n) is 5.87. The molecule has 0 saturated carbocycles. The van der Waals surface area contributed by atoms with Gasteiger partial charge in [-0.2, -0.15) is 0 Å². The number of hydrogen-bond donors (Lipinski definition) is 2. The van der Waals surface area contributed by atoms with E-state index in [1.54, 1.807) is 29.3 Å². The minimum absolute atomic E-state index is 0.0589. The summed E-state index contributed by atoms with van der Waals surface area (Å²) in [7, 11) is 0. The highest BCUT2D eigenvalue weighted by atomic mass is 32.2. The first-order valence-corrected chi connectivity index (χ1v) is 9.94. The van der Waals surface area contributed by atoms with Gasteiger partial charge in [0.2, 0.25) is 5.91 Å². The van der Waals surface area contributed by atoms with E-state index >= 15 is 0 Å². The van der Waals surface area contributed by atoms with Gasteiger partial charge in [0.05, 0.1) is 17.9 Å². The van der Waals surface area contributed by atoms with Gasteiger partial charge in [-0.25, -0.2) is 0 Å². The van der Waals surface area contributed by atoms with Crippen molar-refractivity contribution in [3.05, 3.63) is 35.1 Å². The van der Waals surface area contributed by atoms with Crippen LogP contribution in [0.2, 0.25) is 0 Å². The molecule has 3 heterocycles. The second-order valence-corrected chi connectivity index (χ2v) is 8.27. The van der Waals surface area contributed by atoms with Gasteiger partial charge in [0, 0.05) is 19.3 Å². The maximum absolute atomic E-state index is 12.3. The van der Waals surface area contributed by atoms with Crippen LogP contribution in [0.15, 0.2) is 28.7 Å². The number of likely N-dealkylation sites (tertiary alicyclic amines) is 1. The second kappa shape index (κ2) is 8.56. The summed E-state index contributed by atoms with van der Waals surface area (Å²) in [6.45, 7) is 2.55. The van der Waals surface area contributed by atoms with Gasteiger partial charge in [-0.1, -0.05) is 29.2 Å². The summed E-state index contributed by atoms with van der Waals surface area (Å²) in [5, 5.41) is 21.9. The molecule has 0 bridgehead atoms. The van der Waals surface area contributed by atoms with Crippen molar-refractivity contribution >= 4 is 34.9 Å². The van der Waals surface area contributed by atoms with Crippen molar-refractivity contribution in [1.82, 2.24) is 25.4 Å². The Kier molecular flexibility index (Phi) is 6.17. The van der Waals surface area contributed by atoms with Crippen molar-refractivity contribution in [2.75, 3.05) is 18.8 Å². The fourth-order valence-electron chi connectivity index (χ4n) is 2.62. The van der Waals surface area contributed by atoms with Crippen molar-refractivity contribution in [1.29, 1.82) is 0 Å². The molecule has 1 fully saturated rings. The zero-order valence-corrected chi connectivity index (χ0v) is 15.8. The first-order chi connectivity index (χ1) is 12.5. The molecule has 3 rings (SSSR count). The summed E-state index contributed by atoms with van der Waals surface area (Å²) < 4.78 is 0.758. The molecule has 2 aromatic heterocycles. The van der Waals surface area contributed by atoms with Gasteiger partial charge in [-0.15, -0.1) is 10.2 Å². The van der Waals surface area contributed by atoms with Crippen LogP contribution in [0.4, 0.5) is 0 Å². The number of β-amino-alcohol motifs (C(OH)–C–C–N with tert-alkyl or cyclic N) is 1. The van der Waals surface area contributed by atoms with Crippen LogP contribution < -0.4 is 5.32 Å². The lowest BCUT2D eigenvalue weighted by atomic mass is 10.0. The van der Waals surface area contributed by atoms with Gasteiger partial charge < -0.3 is 15.3 Å². The number of nitrogens with zero attached hydrogens (tertiary/aromatic N) is 4. The summed E-state index contributed by atoms with van der Waals surface area (Å²) in [5.74, 6) is -0.125. The Morgan fingerprint density at radius 1 is 1.42 bits per heavy atom. The van der Waals surface area contributed by atoms with Crippen LogP contribution in [0, 0.1) is 6.92 Å².